The summed E-state index contributed by atoms with van der Waals surface area (Å²) >= 11 is 0.952. The highest BCUT2D eigenvalue weighted by atomic mass is 32.1. The van der Waals surface area contributed by atoms with Crippen LogP contribution in [0, 0.1) is 0 Å². The number of benzene rings is 8. The van der Waals surface area contributed by atoms with Gasteiger partial charge in [-0.15, -0.1) is 82.0 Å². The first-order valence-electron chi connectivity index (χ1n) is 25.0. The van der Waals surface area contributed by atoms with Gasteiger partial charge in [0.15, 0.2) is 0 Å². The number of hydrogen-bond donors (Lipinski definition) is 0. The predicted molar refractivity (Wildman–Crippen MR) is 400 cm³/mol. The Hall–Kier alpha value is -4.28. The fraction of sp³-hybridized carbons (Fsp3) is 0.0400. The molecule has 0 saturated carbocycles. The van der Waals surface area contributed by atoms with Crippen LogP contribution in [0.15, 0.2) is 4.42 Å². The number of rotatable bonds is 6. The monoisotopic (exact) mass is 1030 g/mol. The molecule has 0 spiro atoms. The largest absolute Gasteiger partial charge is 0.456 e. The second-order valence-corrected chi connectivity index (χ2v) is 22.1. The molecule has 1 aliphatic rings. The topological polar surface area (TPSA) is 16.4 Å². The Balaban J connectivity index is 1.48. The summed E-state index contributed by atoms with van der Waals surface area (Å²) in [5.41, 5.74) is -13.2. The van der Waals surface area contributed by atoms with Crippen LogP contribution >= 0.6 is 11.3 Å². The summed E-state index contributed by atoms with van der Waals surface area (Å²) in [6.07, 6.45) is 0. The maximum absolute atomic E-state index is 7.75. The molecule has 2 nitrogen and oxygen atoms in total. The second-order valence-electron chi connectivity index (χ2n) is 21.1. The number of hydrogen-bond acceptors (Lipinski definition) is 3. The van der Waals surface area contributed by atoms with Gasteiger partial charge in [-0.3, -0.25) is 0 Å². The maximum atomic E-state index is 7.75. The van der Waals surface area contributed by atoms with E-state index < -0.39 is 38.0 Å². The van der Waals surface area contributed by atoms with Gasteiger partial charge in [-0.25, -0.2) is 0 Å². The minimum absolute atomic E-state index is 0.0236. The Labute approximate surface area is 547 Å². The third kappa shape index (κ3) is 7.86. The van der Waals surface area contributed by atoms with Gasteiger partial charge in [-0.05, 0) is 44.2 Å². The van der Waals surface area contributed by atoms with Crippen LogP contribution in [0.4, 0.5) is 17.1 Å². The van der Waals surface area contributed by atoms with Gasteiger partial charge in [0.25, 0.3) is 0 Å². The lowest BCUT2D eigenvalue weighted by molar-refractivity contribution is 0.617. The van der Waals surface area contributed by atoms with Crippen molar-refractivity contribution in [3.05, 3.63) is 16.7 Å². The summed E-state index contributed by atoms with van der Waals surface area (Å²) in [7, 11) is 228. The van der Waals surface area contributed by atoms with Crippen LogP contribution in [0.25, 0.3) is 64.4 Å². The molecule has 0 amide bonds. The highest BCUT2D eigenvalue weighted by Gasteiger charge is 2.56. The van der Waals surface area contributed by atoms with Crippen LogP contribution in [-0.4, -0.2) is 259 Å². The molecule has 0 unspecified atom stereocenters. The van der Waals surface area contributed by atoms with Crippen molar-refractivity contribution < 1.29 is 4.42 Å². The zero-order valence-electron chi connectivity index (χ0n) is 45.3. The predicted octanol–water partition coefficient (Wildman–Crippen LogP) is -23.2. The van der Waals surface area contributed by atoms with E-state index in [2.05, 4.69) is 0 Å². The fourth-order valence-corrected chi connectivity index (χ4v) is 13.7. The van der Waals surface area contributed by atoms with E-state index in [9.17, 15) is 0 Å². The molecule has 66 radical (unpaired) electrons. The standard InChI is InChI=1S/C50B33NOS/c51-12-1-2-10(22(61)32(71)25(64)13(2)52)49(50(81,82)83,9(1)21(60)31(70)24(12)63)11-23(62)38(77)42(8-5-18(57)28(67)34(73)40(79)46(5)85-45(8)11)84(43-36(75)16(55)4(17(56)37(43)76)3-14(53)26(65)33(72)27(66)15(3)54)44-39(78)30(69)20(59)7-6-19(58)29(68)35(74)41(80)47(6)86-48(7)44. The minimum Gasteiger partial charge on any atom is -0.456 e. The number of fused-ring (bicyclic) bond motifs is 9. The molecule has 1 aliphatic carbocycles. The van der Waals surface area contributed by atoms with Crippen molar-refractivity contribution >= 4 is 493 Å². The summed E-state index contributed by atoms with van der Waals surface area (Å²) in [5.74, 6) is 0. The number of nitrogens with zero attached hydrogens (tertiary/aromatic N) is 1. The van der Waals surface area contributed by atoms with Crippen molar-refractivity contribution in [2.75, 3.05) is 4.90 Å². The molecule has 11 rings (SSSR count). The van der Waals surface area contributed by atoms with Crippen LogP contribution in [0.2, 0.25) is 5.11 Å². The van der Waals surface area contributed by atoms with Crippen LogP contribution < -0.4 is 169 Å². The normalized spacial score (nSPS) is 12.9. The Bertz CT molecular complexity index is 4760. The van der Waals surface area contributed by atoms with Crippen molar-refractivity contribution in [1.82, 2.24) is 0 Å². The minimum atomic E-state index is -2.77. The SMILES string of the molecule is [B]c1c([B])c([B])c(-c2c([B])c([B])c(N(c3c([B])c([B])c([B])c4c3sc3c([B])c([B])c([B])c([B])c34)c3c([B])c([B])c(C4(C([B])([B])[B])c5c([B])c([B])c([B])c([B])c5-c5c([B])c([B])c([B])c([B])c54)c4oc5c([B])c([B])c([B])c([B])c5c34)c([B])c2[B])c([B])c1[B]. The zero-order valence-corrected chi connectivity index (χ0v) is 46.1. The molecule has 0 bridgehead atoms. The highest BCUT2D eigenvalue weighted by molar-refractivity contribution is 7.28. The van der Waals surface area contributed by atoms with Gasteiger partial charge in [0.2, 0.25) is 0 Å². The van der Waals surface area contributed by atoms with Crippen molar-refractivity contribution in [3.8, 4) is 22.3 Å². The lowest BCUT2D eigenvalue weighted by Crippen LogP contribution is -2.58. The van der Waals surface area contributed by atoms with E-state index in [1.807, 2.05) is 0 Å². The summed E-state index contributed by atoms with van der Waals surface area (Å²) in [6, 6.07) is 0. The average molecular weight is 1020 g/mol. The molecule has 10 aromatic rings. The lowest BCUT2D eigenvalue weighted by atomic mass is 9.28. The summed E-state index contributed by atoms with van der Waals surface area (Å²) in [4.78, 5) is 1.27. The van der Waals surface area contributed by atoms with Gasteiger partial charge in [0, 0.05) is 26.8 Å². The smallest absolute Gasteiger partial charge is 0.141 e. The summed E-state index contributed by atoms with van der Waals surface area (Å²) in [5, 5.41) is -2.88. The van der Waals surface area contributed by atoms with E-state index in [0.717, 1.165) is 11.3 Å². The van der Waals surface area contributed by atoms with Gasteiger partial charge in [0.05, 0.1) is 45.0 Å². The molecule has 0 atom stereocenters. The zero-order chi connectivity index (χ0) is 63.7. The van der Waals surface area contributed by atoms with E-state index in [-0.39, 0.29) is 235 Å². The molecule has 36 heteroatoms. The fourth-order valence-electron chi connectivity index (χ4n) is 12.3. The van der Waals surface area contributed by atoms with E-state index in [1.54, 1.807) is 0 Å². The number of thiophene rings is 1. The Morgan fingerprint density at radius 3 is 0.988 bits per heavy atom. The Morgan fingerprint density at radius 2 is 0.547 bits per heavy atom. The molecule has 2 aromatic heterocycles. The molecule has 2 heterocycles. The first-order chi connectivity index (χ1) is 39.9. The molecule has 0 N–H and O–H groups in total. The summed E-state index contributed by atoms with van der Waals surface area (Å²) < 4.78 is 7.36. The number of anilines is 3. The molecule has 0 fully saturated rings. The van der Waals surface area contributed by atoms with Crippen LogP contribution in [0.3, 0.4) is 0 Å². The van der Waals surface area contributed by atoms with Crippen molar-refractivity contribution in [1.29, 1.82) is 0 Å². The molecule has 8 aromatic carbocycles. The molecule has 0 aliphatic heterocycles. The van der Waals surface area contributed by atoms with E-state index in [0.29, 0.717) is 0 Å². The van der Waals surface area contributed by atoms with Gasteiger partial charge in [-0.1, -0.05) is 98.3 Å². The number of furan rings is 1. The molecule has 316 valence electrons. The van der Waals surface area contributed by atoms with Crippen LogP contribution in [-0.2, 0) is 5.41 Å². The first kappa shape index (κ1) is 63.3. The molecule has 0 saturated heterocycles. The Morgan fingerprint density at radius 1 is 0.244 bits per heavy atom. The first-order valence-corrected chi connectivity index (χ1v) is 25.8. The summed E-state index contributed by atoms with van der Waals surface area (Å²) in [6.45, 7) is 0. The van der Waals surface area contributed by atoms with Gasteiger partial charge in [-0.2, -0.15) is 0 Å². The van der Waals surface area contributed by atoms with Gasteiger partial charge >= 0.3 is 0 Å². The molecule has 86 heavy (non-hydrogen) atoms. The van der Waals surface area contributed by atoms with Crippen molar-refractivity contribution in [2.24, 2.45) is 0 Å². The third-order valence-electron chi connectivity index (χ3n) is 16.8. The van der Waals surface area contributed by atoms with Gasteiger partial charge in [0.1, 0.15) is 247 Å². The van der Waals surface area contributed by atoms with Crippen molar-refractivity contribution in [2.45, 2.75) is 10.5 Å². The van der Waals surface area contributed by atoms with E-state index >= 15 is 0 Å². The quantitative estimate of drug-likeness (QED) is 0.154. The lowest BCUT2D eigenvalue weighted by Gasteiger charge is -2.50. The van der Waals surface area contributed by atoms with E-state index in [4.69, 9.17) is 263 Å². The van der Waals surface area contributed by atoms with Crippen LogP contribution in [0.1, 0.15) is 16.7 Å². The van der Waals surface area contributed by atoms with Crippen LogP contribution in [0.5, 0.6) is 0 Å². The Kier molecular flexibility index (Phi) is 15.4. The third-order valence-corrected chi connectivity index (χ3v) is 18.0. The maximum Gasteiger partial charge on any atom is 0.141 e. The van der Waals surface area contributed by atoms with Crippen molar-refractivity contribution in [3.63, 3.8) is 0 Å². The molecular weight excluding hydrogens is 1020 g/mol. The van der Waals surface area contributed by atoms with E-state index in [1.165, 1.54) is 4.90 Å². The highest BCUT2D eigenvalue weighted by Crippen LogP contribution is 2.60. The average Bonchev–Trinajstić information content (AvgIpc) is 1.46. The molecular formula is C50B33NOS. The van der Waals surface area contributed by atoms with Gasteiger partial charge < -0.3 is 9.32 Å². The second kappa shape index (κ2) is 20.9.